The molecule has 0 radical (unpaired) electrons. The summed E-state index contributed by atoms with van der Waals surface area (Å²) in [5, 5.41) is 7.48. The SMILES string of the molecule is c1ccc2c(c1)CC[C@@H]2NCCCN[C@H]1CCc2ccccc21. The fourth-order valence-electron chi connectivity index (χ4n) is 4.18. The van der Waals surface area contributed by atoms with Crippen LogP contribution < -0.4 is 10.6 Å². The normalized spacial score (nSPS) is 22.1. The fourth-order valence-corrected chi connectivity index (χ4v) is 4.18. The maximum atomic E-state index is 3.74. The van der Waals surface area contributed by atoms with Crippen LogP contribution in [0.1, 0.15) is 53.6 Å². The number of hydrogen-bond acceptors (Lipinski definition) is 2. The molecule has 4 rings (SSSR count). The number of fused-ring (bicyclic) bond motifs is 2. The molecule has 2 aliphatic carbocycles. The highest BCUT2D eigenvalue weighted by Crippen LogP contribution is 2.31. The lowest BCUT2D eigenvalue weighted by molar-refractivity contribution is 0.479. The predicted octanol–water partition coefficient (Wildman–Crippen LogP) is 3.93. The summed E-state index contributed by atoms with van der Waals surface area (Å²) in [5.41, 5.74) is 6.10. The largest absolute Gasteiger partial charge is 0.310 e. The van der Waals surface area contributed by atoms with E-state index in [9.17, 15) is 0 Å². The summed E-state index contributed by atoms with van der Waals surface area (Å²) >= 11 is 0. The van der Waals surface area contributed by atoms with Gasteiger partial charge in [-0.1, -0.05) is 48.5 Å². The van der Waals surface area contributed by atoms with Crippen LogP contribution in [0, 0.1) is 0 Å². The molecule has 0 bridgehead atoms. The lowest BCUT2D eigenvalue weighted by Gasteiger charge is -2.16. The Morgan fingerprint density at radius 3 is 1.70 bits per heavy atom. The van der Waals surface area contributed by atoms with Gasteiger partial charge in [0.25, 0.3) is 0 Å². The Balaban J connectivity index is 1.21. The number of aryl methyl sites for hydroxylation is 2. The number of benzene rings is 2. The molecule has 120 valence electrons. The predicted molar refractivity (Wildman–Crippen MR) is 95.6 cm³/mol. The van der Waals surface area contributed by atoms with Crippen molar-refractivity contribution in [1.82, 2.24) is 10.6 Å². The van der Waals surface area contributed by atoms with Gasteiger partial charge in [-0.15, -0.1) is 0 Å². The van der Waals surface area contributed by atoms with E-state index in [1.807, 2.05) is 0 Å². The molecule has 0 unspecified atom stereocenters. The van der Waals surface area contributed by atoms with E-state index in [0.29, 0.717) is 12.1 Å². The minimum atomic E-state index is 0.568. The molecule has 0 aliphatic heterocycles. The highest BCUT2D eigenvalue weighted by atomic mass is 14.9. The average Bonchev–Trinajstić information content (AvgIpc) is 3.19. The highest BCUT2D eigenvalue weighted by molar-refractivity contribution is 5.35. The van der Waals surface area contributed by atoms with Gasteiger partial charge in [0.15, 0.2) is 0 Å². The standard InChI is InChI=1S/C21H26N2/c1-3-8-18-16(6-1)10-12-20(18)22-14-5-15-23-21-13-11-17-7-2-4-9-19(17)21/h1-4,6-9,20-23H,5,10-15H2/t20-,21-/m0/s1. The van der Waals surface area contributed by atoms with Crippen LogP contribution in [-0.4, -0.2) is 13.1 Å². The zero-order valence-electron chi connectivity index (χ0n) is 13.7. The average molecular weight is 306 g/mol. The first-order chi connectivity index (χ1) is 11.4. The second kappa shape index (κ2) is 6.86. The first kappa shape index (κ1) is 14.9. The molecule has 0 aromatic heterocycles. The quantitative estimate of drug-likeness (QED) is 0.790. The lowest BCUT2D eigenvalue weighted by atomic mass is 10.1. The molecule has 0 heterocycles. The van der Waals surface area contributed by atoms with Gasteiger partial charge in [0, 0.05) is 12.1 Å². The third-order valence-corrected chi connectivity index (χ3v) is 5.40. The van der Waals surface area contributed by atoms with Crippen molar-refractivity contribution >= 4 is 0 Å². The monoisotopic (exact) mass is 306 g/mol. The third kappa shape index (κ3) is 3.19. The number of rotatable bonds is 6. The zero-order valence-corrected chi connectivity index (χ0v) is 13.7. The van der Waals surface area contributed by atoms with Gasteiger partial charge in [0.2, 0.25) is 0 Å². The summed E-state index contributed by atoms with van der Waals surface area (Å²) in [7, 11) is 0. The van der Waals surface area contributed by atoms with Crippen LogP contribution in [0.3, 0.4) is 0 Å². The Labute approximate surface area is 139 Å². The Hall–Kier alpha value is -1.64. The van der Waals surface area contributed by atoms with Gasteiger partial charge >= 0.3 is 0 Å². The topological polar surface area (TPSA) is 24.1 Å². The molecule has 0 fully saturated rings. The van der Waals surface area contributed by atoms with Gasteiger partial charge in [-0.05, 0) is 67.4 Å². The smallest absolute Gasteiger partial charge is 0.0326 e. The highest BCUT2D eigenvalue weighted by Gasteiger charge is 2.22. The van der Waals surface area contributed by atoms with Crippen molar-refractivity contribution in [2.45, 2.75) is 44.2 Å². The van der Waals surface area contributed by atoms with Crippen molar-refractivity contribution in [1.29, 1.82) is 0 Å². The van der Waals surface area contributed by atoms with Gasteiger partial charge < -0.3 is 10.6 Å². The van der Waals surface area contributed by atoms with Crippen LogP contribution in [0.4, 0.5) is 0 Å². The maximum Gasteiger partial charge on any atom is 0.0326 e. The second-order valence-corrected chi connectivity index (χ2v) is 6.84. The molecule has 2 N–H and O–H groups in total. The molecule has 0 saturated carbocycles. The summed E-state index contributed by atoms with van der Waals surface area (Å²) in [5.74, 6) is 0. The van der Waals surface area contributed by atoms with Gasteiger partial charge in [-0.25, -0.2) is 0 Å². The molecule has 0 spiro atoms. The lowest BCUT2D eigenvalue weighted by Crippen LogP contribution is -2.26. The molecule has 2 aromatic carbocycles. The first-order valence-electron chi connectivity index (χ1n) is 9.04. The molecule has 2 atom stereocenters. The third-order valence-electron chi connectivity index (χ3n) is 5.40. The molecule has 2 nitrogen and oxygen atoms in total. The van der Waals surface area contributed by atoms with Gasteiger partial charge in [-0.3, -0.25) is 0 Å². The van der Waals surface area contributed by atoms with Crippen molar-refractivity contribution in [2.75, 3.05) is 13.1 Å². The van der Waals surface area contributed by atoms with Gasteiger partial charge in [-0.2, -0.15) is 0 Å². The number of hydrogen-bond donors (Lipinski definition) is 2. The molecule has 0 saturated heterocycles. The Bertz CT molecular complexity index is 607. The van der Waals surface area contributed by atoms with Crippen molar-refractivity contribution in [3.05, 3.63) is 70.8 Å². The molecular weight excluding hydrogens is 280 g/mol. The summed E-state index contributed by atoms with van der Waals surface area (Å²) < 4.78 is 0. The van der Waals surface area contributed by atoms with Gasteiger partial charge in [0.1, 0.15) is 0 Å². The van der Waals surface area contributed by atoms with E-state index in [1.165, 1.54) is 54.4 Å². The van der Waals surface area contributed by atoms with E-state index < -0.39 is 0 Å². The molecule has 2 aliphatic rings. The minimum absolute atomic E-state index is 0.568. The van der Waals surface area contributed by atoms with Crippen LogP contribution in [0.5, 0.6) is 0 Å². The summed E-state index contributed by atoms with van der Waals surface area (Å²) in [4.78, 5) is 0. The minimum Gasteiger partial charge on any atom is -0.310 e. The molecular formula is C21H26N2. The van der Waals surface area contributed by atoms with Crippen molar-refractivity contribution < 1.29 is 0 Å². The van der Waals surface area contributed by atoms with Crippen molar-refractivity contribution in [3.63, 3.8) is 0 Å². The molecule has 0 amide bonds. The van der Waals surface area contributed by atoms with Crippen LogP contribution in [0.2, 0.25) is 0 Å². The summed E-state index contributed by atoms with van der Waals surface area (Å²) in [6.45, 7) is 2.20. The number of nitrogens with one attached hydrogen (secondary N) is 2. The molecule has 2 heteroatoms. The maximum absolute atomic E-state index is 3.74. The van der Waals surface area contributed by atoms with Crippen LogP contribution >= 0.6 is 0 Å². The van der Waals surface area contributed by atoms with E-state index in [1.54, 1.807) is 0 Å². The molecule has 23 heavy (non-hydrogen) atoms. The van der Waals surface area contributed by atoms with E-state index in [-0.39, 0.29) is 0 Å². The first-order valence-corrected chi connectivity index (χ1v) is 9.04. The van der Waals surface area contributed by atoms with Crippen molar-refractivity contribution in [2.24, 2.45) is 0 Å². The summed E-state index contributed by atoms with van der Waals surface area (Å²) in [6, 6.07) is 18.9. The van der Waals surface area contributed by atoms with E-state index in [2.05, 4.69) is 59.2 Å². The van der Waals surface area contributed by atoms with Crippen LogP contribution in [0.15, 0.2) is 48.5 Å². The zero-order chi connectivity index (χ0) is 15.5. The van der Waals surface area contributed by atoms with Crippen LogP contribution in [0.25, 0.3) is 0 Å². The van der Waals surface area contributed by atoms with Crippen LogP contribution in [-0.2, 0) is 12.8 Å². The Morgan fingerprint density at radius 2 is 1.17 bits per heavy atom. The fraction of sp³-hybridized carbons (Fsp3) is 0.429. The van der Waals surface area contributed by atoms with Crippen molar-refractivity contribution in [3.8, 4) is 0 Å². The van der Waals surface area contributed by atoms with E-state index >= 15 is 0 Å². The molecule has 2 aromatic rings. The van der Waals surface area contributed by atoms with E-state index in [0.717, 1.165) is 13.1 Å². The Kier molecular flexibility index (Phi) is 4.45. The van der Waals surface area contributed by atoms with E-state index in [4.69, 9.17) is 0 Å². The second-order valence-electron chi connectivity index (χ2n) is 6.84. The van der Waals surface area contributed by atoms with Gasteiger partial charge in [0.05, 0.1) is 0 Å². The Morgan fingerprint density at radius 1 is 0.696 bits per heavy atom. The summed E-state index contributed by atoms with van der Waals surface area (Å²) in [6.07, 6.45) is 6.15.